The summed E-state index contributed by atoms with van der Waals surface area (Å²) in [6.07, 6.45) is 5.62. The van der Waals surface area contributed by atoms with E-state index < -0.39 is 0 Å². The molecule has 2 nitrogen and oxygen atoms in total. The molecule has 0 amide bonds. The second-order valence-electron chi connectivity index (χ2n) is 5.40. The Morgan fingerprint density at radius 3 is 2.47 bits per heavy atom. The normalized spacial score (nSPS) is 11.5. The standard InChI is InChI=1S/C15H18N2/c1-11-8-13(12-6-5-7-16-10-12)14(17-9-11)15(2,3)4/h5-10H,1-4H3. The van der Waals surface area contributed by atoms with Crippen molar-refractivity contribution < 1.29 is 0 Å². The van der Waals surface area contributed by atoms with Gasteiger partial charge in [-0.1, -0.05) is 26.8 Å². The Balaban J connectivity index is 2.64. The fourth-order valence-corrected chi connectivity index (χ4v) is 1.91. The van der Waals surface area contributed by atoms with Crippen LogP contribution in [0.4, 0.5) is 0 Å². The molecule has 0 unspecified atom stereocenters. The third kappa shape index (κ3) is 2.52. The van der Waals surface area contributed by atoms with Crippen molar-refractivity contribution in [2.75, 3.05) is 0 Å². The molecule has 0 fully saturated rings. The zero-order valence-electron chi connectivity index (χ0n) is 10.9. The van der Waals surface area contributed by atoms with Crippen LogP contribution in [0.3, 0.4) is 0 Å². The minimum absolute atomic E-state index is 0.0406. The highest BCUT2D eigenvalue weighted by molar-refractivity contribution is 5.66. The molecule has 0 saturated heterocycles. The molecule has 2 aromatic heterocycles. The number of hydrogen-bond donors (Lipinski definition) is 0. The fraction of sp³-hybridized carbons (Fsp3) is 0.333. The van der Waals surface area contributed by atoms with Gasteiger partial charge in [-0.05, 0) is 24.6 Å². The van der Waals surface area contributed by atoms with Crippen molar-refractivity contribution in [2.45, 2.75) is 33.1 Å². The minimum atomic E-state index is 0.0406. The van der Waals surface area contributed by atoms with Gasteiger partial charge in [0.2, 0.25) is 0 Å². The van der Waals surface area contributed by atoms with E-state index in [9.17, 15) is 0 Å². The summed E-state index contributed by atoms with van der Waals surface area (Å²) in [5.74, 6) is 0. The van der Waals surface area contributed by atoms with Crippen molar-refractivity contribution in [1.82, 2.24) is 9.97 Å². The monoisotopic (exact) mass is 226 g/mol. The van der Waals surface area contributed by atoms with Crippen LogP contribution in [0, 0.1) is 6.92 Å². The van der Waals surface area contributed by atoms with Gasteiger partial charge in [0, 0.05) is 35.1 Å². The van der Waals surface area contributed by atoms with Crippen LogP contribution in [0.2, 0.25) is 0 Å². The highest BCUT2D eigenvalue weighted by atomic mass is 14.7. The number of hydrogen-bond acceptors (Lipinski definition) is 2. The third-order valence-electron chi connectivity index (χ3n) is 2.71. The largest absolute Gasteiger partial charge is 0.264 e. The first-order valence-corrected chi connectivity index (χ1v) is 5.86. The van der Waals surface area contributed by atoms with Gasteiger partial charge in [-0.25, -0.2) is 0 Å². The minimum Gasteiger partial charge on any atom is -0.264 e. The molecule has 88 valence electrons. The van der Waals surface area contributed by atoms with Crippen molar-refractivity contribution in [2.24, 2.45) is 0 Å². The predicted octanol–water partition coefficient (Wildman–Crippen LogP) is 3.75. The van der Waals surface area contributed by atoms with Crippen LogP contribution in [0.1, 0.15) is 32.0 Å². The van der Waals surface area contributed by atoms with Gasteiger partial charge < -0.3 is 0 Å². The Labute approximate surface area is 103 Å². The van der Waals surface area contributed by atoms with Crippen molar-refractivity contribution in [3.63, 3.8) is 0 Å². The molecule has 0 atom stereocenters. The van der Waals surface area contributed by atoms with Gasteiger partial charge in [0.25, 0.3) is 0 Å². The molecule has 2 heterocycles. The van der Waals surface area contributed by atoms with Crippen molar-refractivity contribution in [1.29, 1.82) is 0 Å². The fourth-order valence-electron chi connectivity index (χ4n) is 1.91. The molecule has 0 saturated carbocycles. The van der Waals surface area contributed by atoms with Gasteiger partial charge in [0.15, 0.2) is 0 Å². The average molecular weight is 226 g/mol. The van der Waals surface area contributed by atoms with Gasteiger partial charge in [-0.15, -0.1) is 0 Å². The molecule has 0 bridgehead atoms. The van der Waals surface area contributed by atoms with E-state index in [1.54, 1.807) is 6.20 Å². The van der Waals surface area contributed by atoms with Crippen LogP contribution in [-0.4, -0.2) is 9.97 Å². The summed E-state index contributed by atoms with van der Waals surface area (Å²) in [5, 5.41) is 0. The van der Waals surface area contributed by atoms with E-state index in [4.69, 9.17) is 0 Å². The molecule has 0 spiro atoms. The van der Waals surface area contributed by atoms with E-state index in [1.165, 1.54) is 11.1 Å². The first kappa shape index (κ1) is 11.8. The van der Waals surface area contributed by atoms with E-state index in [2.05, 4.69) is 49.8 Å². The highest BCUT2D eigenvalue weighted by Crippen LogP contribution is 2.31. The van der Waals surface area contributed by atoms with E-state index in [0.29, 0.717) is 0 Å². The molecule has 17 heavy (non-hydrogen) atoms. The number of aryl methyl sites for hydroxylation is 1. The van der Waals surface area contributed by atoms with Crippen LogP contribution in [0.5, 0.6) is 0 Å². The van der Waals surface area contributed by atoms with Gasteiger partial charge in [0.1, 0.15) is 0 Å². The summed E-state index contributed by atoms with van der Waals surface area (Å²) in [6, 6.07) is 6.23. The quantitative estimate of drug-likeness (QED) is 0.740. The Kier molecular flexibility index (Phi) is 2.97. The Hall–Kier alpha value is -1.70. The van der Waals surface area contributed by atoms with E-state index in [1.807, 2.05) is 18.5 Å². The van der Waals surface area contributed by atoms with E-state index in [-0.39, 0.29) is 5.41 Å². The van der Waals surface area contributed by atoms with Crippen molar-refractivity contribution >= 4 is 0 Å². The van der Waals surface area contributed by atoms with Gasteiger partial charge in [-0.2, -0.15) is 0 Å². The van der Waals surface area contributed by atoms with Crippen LogP contribution in [0.25, 0.3) is 11.1 Å². The molecule has 0 aromatic carbocycles. The molecule has 2 rings (SSSR count). The van der Waals surface area contributed by atoms with Gasteiger partial charge in [-0.3, -0.25) is 9.97 Å². The zero-order chi connectivity index (χ0) is 12.5. The second kappa shape index (κ2) is 4.28. The molecule has 0 N–H and O–H groups in total. The predicted molar refractivity (Wildman–Crippen MR) is 70.9 cm³/mol. The summed E-state index contributed by atoms with van der Waals surface area (Å²) in [5.41, 5.74) is 4.66. The van der Waals surface area contributed by atoms with Crippen molar-refractivity contribution in [3.8, 4) is 11.1 Å². The zero-order valence-corrected chi connectivity index (χ0v) is 10.9. The summed E-state index contributed by atoms with van der Waals surface area (Å²) in [7, 11) is 0. The highest BCUT2D eigenvalue weighted by Gasteiger charge is 2.20. The summed E-state index contributed by atoms with van der Waals surface area (Å²) in [4.78, 5) is 8.78. The first-order valence-electron chi connectivity index (χ1n) is 5.86. The Morgan fingerprint density at radius 1 is 1.12 bits per heavy atom. The number of rotatable bonds is 1. The van der Waals surface area contributed by atoms with Crippen LogP contribution >= 0.6 is 0 Å². The second-order valence-corrected chi connectivity index (χ2v) is 5.40. The third-order valence-corrected chi connectivity index (χ3v) is 2.71. The molecule has 0 aliphatic carbocycles. The van der Waals surface area contributed by atoms with Crippen LogP contribution in [-0.2, 0) is 5.41 Å². The number of aromatic nitrogens is 2. The van der Waals surface area contributed by atoms with Crippen LogP contribution in [0.15, 0.2) is 36.8 Å². The van der Waals surface area contributed by atoms with Crippen LogP contribution < -0.4 is 0 Å². The van der Waals surface area contributed by atoms with Gasteiger partial charge >= 0.3 is 0 Å². The Morgan fingerprint density at radius 2 is 1.88 bits per heavy atom. The smallest absolute Gasteiger partial charge is 0.0536 e. The molecule has 2 aromatic rings. The SMILES string of the molecule is Cc1cnc(C(C)(C)C)c(-c2cccnc2)c1. The lowest BCUT2D eigenvalue weighted by molar-refractivity contribution is 0.570. The molecule has 2 heteroatoms. The van der Waals surface area contributed by atoms with E-state index in [0.717, 1.165) is 11.3 Å². The summed E-state index contributed by atoms with van der Waals surface area (Å²) in [6.45, 7) is 8.62. The summed E-state index contributed by atoms with van der Waals surface area (Å²) >= 11 is 0. The molecular formula is C15H18N2. The maximum Gasteiger partial charge on any atom is 0.0536 e. The lowest BCUT2D eigenvalue weighted by Gasteiger charge is -2.21. The molecule has 0 radical (unpaired) electrons. The van der Waals surface area contributed by atoms with Crippen molar-refractivity contribution in [3.05, 3.63) is 48.0 Å². The average Bonchev–Trinajstić information content (AvgIpc) is 2.28. The maximum atomic E-state index is 4.60. The molecule has 0 aliphatic heterocycles. The Bertz CT molecular complexity index is 510. The number of nitrogens with zero attached hydrogens (tertiary/aromatic N) is 2. The first-order chi connectivity index (χ1) is 7.98. The molecular weight excluding hydrogens is 208 g/mol. The topological polar surface area (TPSA) is 25.8 Å². The number of pyridine rings is 2. The van der Waals surface area contributed by atoms with E-state index >= 15 is 0 Å². The molecule has 0 aliphatic rings. The lowest BCUT2D eigenvalue weighted by atomic mass is 9.86. The maximum absolute atomic E-state index is 4.60. The van der Waals surface area contributed by atoms with Gasteiger partial charge in [0.05, 0.1) is 5.69 Å². The lowest BCUT2D eigenvalue weighted by Crippen LogP contribution is -2.15. The summed E-state index contributed by atoms with van der Waals surface area (Å²) < 4.78 is 0.